The van der Waals surface area contributed by atoms with Gasteiger partial charge in [0.15, 0.2) is 0 Å². The number of nitrogens with zero attached hydrogens (tertiary/aromatic N) is 3. The summed E-state index contributed by atoms with van der Waals surface area (Å²) in [4.78, 5) is 32.8. The molecule has 6 heteroatoms. The normalized spacial score (nSPS) is 12.2. The van der Waals surface area contributed by atoms with Gasteiger partial charge in [0, 0.05) is 13.0 Å². The highest BCUT2D eigenvalue weighted by Crippen LogP contribution is 2.26. The van der Waals surface area contributed by atoms with Crippen molar-refractivity contribution in [3.8, 4) is 11.4 Å². The fourth-order valence-electron chi connectivity index (χ4n) is 3.67. The van der Waals surface area contributed by atoms with Gasteiger partial charge in [0.1, 0.15) is 11.6 Å². The van der Waals surface area contributed by atoms with Crippen LogP contribution in [0.25, 0.3) is 16.6 Å². The number of aromatic nitrogens is 2. The number of amides is 1. The SMILES string of the molecule is CCOc1ccc(-n2c(C(CC)N(C)C(=O)C(C)C)nc3ccccc3c2=O)cc1. The van der Waals surface area contributed by atoms with Crippen LogP contribution in [0.2, 0.25) is 0 Å². The van der Waals surface area contributed by atoms with E-state index in [9.17, 15) is 9.59 Å². The number of benzene rings is 2. The van der Waals surface area contributed by atoms with Crippen LogP contribution in [0.1, 0.15) is 46.0 Å². The first-order chi connectivity index (χ1) is 14.4. The van der Waals surface area contributed by atoms with Crippen LogP contribution in [0.4, 0.5) is 0 Å². The average Bonchev–Trinajstić information content (AvgIpc) is 2.75. The van der Waals surface area contributed by atoms with Gasteiger partial charge in [0.25, 0.3) is 5.56 Å². The highest BCUT2D eigenvalue weighted by Gasteiger charge is 2.27. The number of carbonyl (C=O) groups is 1. The van der Waals surface area contributed by atoms with Crippen molar-refractivity contribution in [1.82, 2.24) is 14.5 Å². The number of rotatable bonds is 7. The molecule has 30 heavy (non-hydrogen) atoms. The number of carbonyl (C=O) groups excluding carboxylic acids is 1. The van der Waals surface area contributed by atoms with Gasteiger partial charge in [-0.3, -0.25) is 14.2 Å². The Hall–Kier alpha value is -3.15. The van der Waals surface area contributed by atoms with Crippen LogP contribution < -0.4 is 10.3 Å². The van der Waals surface area contributed by atoms with Gasteiger partial charge in [-0.25, -0.2) is 4.98 Å². The number of para-hydroxylation sites is 1. The quantitative estimate of drug-likeness (QED) is 0.584. The van der Waals surface area contributed by atoms with Crippen LogP contribution in [0, 0.1) is 5.92 Å². The molecule has 0 fully saturated rings. The lowest BCUT2D eigenvalue weighted by Gasteiger charge is -2.30. The average molecular weight is 408 g/mol. The summed E-state index contributed by atoms with van der Waals surface area (Å²) < 4.78 is 7.16. The largest absolute Gasteiger partial charge is 0.494 e. The maximum absolute atomic E-state index is 13.5. The molecule has 0 saturated carbocycles. The van der Waals surface area contributed by atoms with Crippen molar-refractivity contribution in [1.29, 1.82) is 0 Å². The van der Waals surface area contributed by atoms with E-state index in [0.29, 0.717) is 35.4 Å². The van der Waals surface area contributed by atoms with Gasteiger partial charge in [0.05, 0.1) is 29.2 Å². The molecule has 0 aliphatic carbocycles. The molecule has 6 nitrogen and oxygen atoms in total. The molecule has 0 aliphatic rings. The minimum absolute atomic E-state index is 0.0162. The predicted octanol–water partition coefficient (Wildman–Crippen LogP) is 4.35. The molecule has 1 atom stereocenters. The smallest absolute Gasteiger partial charge is 0.266 e. The summed E-state index contributed by atoms with van der Waals surface area (Å²) in [5.41, 5.74) is 1.17. The fraction of sp³-hybridized carbons (Fsp3) is 0.375. The number of hydrogen-bond acceptors (Lipinski definition) is 4. The van der Waals surface area contributed by atoms with E-state index in [1.54, 1.807) is 22.6 Å². The zero-order valence-electron chi connectivity index (χ0n) is 18.3. The third-order valence-electron chi connectivity index (χ3n) is 5.20. The molecule has 2 aromatic carbocycles. The molecule has 0 saturated heterocycles. The molecule has 0 radical (unpaired) electrons. The van der Waals surface area contributed by atoms with E-state index in [1.165, 1.54) is 0 Å². The Labute approximate surface area is 177 Å². The zero-order valence-corrected chi connectivity index (χ0v) is 18.3. The lowest BCUT2D eigenvalue weighted by molar-refractivity contribution is -0.135. The second kappa shape index (κ2) is 9.11. The molecule has 0 aliphatic heterocycles. The van der Waals surface area contributed by atoms with Gasteiger partial charge in [-0.05, 0) is 49.7 Å². The van der Waals surface area contributed by atoms with E-state index in [4.69, 9.17) is 9.72 Å². The number of ether oxygens (including phenoxy) is 1. The Morgan fingerprint density at radius 3 is 2.37 bits per heavy atom. The van der Waals surface area contributed by atoms with Crippen molar-refractivity contribution >= 4 is 16.8 Å². The molecule has 1 unspecified atom stereocenters. The first kappa shape index (κ1) is 21.6. The highest BCUT2D eigenvalue weighted by atomic mass is 16.5. The highest BCUT2D eigenvalue weighted by molar-refractivity contribution is 5.79. The van der Waals surface area contributed by atoms with Crippen LogP contribution in [0.15, 0.2) is 53.3 Å². The van der Waals surface area contributed by atoms with Gasteiger partial charge < -0.3 is 9.64 Å². The summed E-state index contributed by atoms with van der Waals surface area (Å²) in [7, 11) is 1.78. The van der Waals surface area contributed by atoms with Crippen molar-refractivity contribution in [2.24, 2.45) is 5.92 Å². The Kier molecular flexibility index (Phi) is 6.55. The summed E-state index contributed by atoms with van der Waals surface area (Å²) >= 11 is 0. The third kappa shape index (κ3) is 4.08. The zero-order chi connectivity index (χ0) is 21.8. The Morgan fingerprint density at radius 1 is 1.10 bits per heavy atom. The van der Waals surface area contributed by atoms with Crippen LogP contribution in [-0.4, -0.2) is 34.0 Å². The molecular formula is C24H29N3O3. The molecule has 0 bridgehead atoms. The third-order valence-corrected chi connectivity index (χ3v) is 5.20. The van der Waals surface area contributed by atoms with E-state index in [-0.39, 0.29) is 23.4 Å². The molecule has 1 aromatic heterocycles. The van der Waals surface area contributed by atoms with Gasteiger partial charge in [-0.1, -0.05) is 32.9 Å². The van der Waals surface area contributed by atoms with Crippen LogP contribution in [0.5, 0.6) is 5.75 Å². The summed E-state index contributed by atoms with van der Waals surface area (Å²) in [5, 5.41) is 0.544. The monoisotopic (exact) mass is 407 g/mol. The summed E-state index contributed by atoms with van der Waals surface area (Å²) in [6.07, 6.45) is 0.636. The minimum atomic E-state index is -0.330. The minimum Gasteiger partial charge on any atom is -0.494 e. The van der Waals surface area contributed by atoms with Crippen molar-refractivity contribution in [2.75, 3.05) is 13.7 Å². The van der Waals surface area contributed by atoms with Crippen molar-refractivity contribution in [3.63, 3.8) is 0 Å². The molecule has 3 rings (SSSR count). The molecule has 1 heterocycles. The maximum atomic E-state index is 13.5. The van der Waals surface area contributed by atoms with Crippen LogP contribution in [0.3, 0.4) is 0 Å². The predicted molar refractivity (Wildman–Crippen MR) is 119 cm³/mol. The first-order valence-corrected chi connectivity index (χ1v) is 10.4. The van der Waals surface area contributed by atoms with Gasteiger partial charge in [-0.15, -0.1) is 0 Å². The van der Waals surface area contributed by atoms with E-state index < -0.39 is 0 Å². The van der Waals surface area contributed by atoms with E-state index >= 15 is 0 Å². The molecule has 0 spiro atoms. The summed E-state index contributed by atoms with van der Waals surface area (Å²) in [5.74, 6) is 1.17. The molecule has 0 N–H and O–H groups in total. The van der Waals surface area contributed by atoms with Crippen molar-refractivity contribution < 1.29 is 9.53 Å². The maximum Gasteiger partial charge on any atom is 0.266 e. The topological polar surface area (TPSA) is 64.4 Å². The van der Waals surface area contributed by atoms with Gasteiger partial charge in [-0.2, -0.15) is 0 Å². The standard InChI is InChI=1S/C24H29N3O3/c1-6-21(26(5)23(28)16(3)4)22-25-20-11-9-8-10-19(20)24(29)27(22)17-12-14-18(15-13-17)30-7-2/h8-16,21H,6-7H2,1-5H3. The molecule has 1 amide bonds. The van der Waals surface area contributed by atoms with Gasteiger partial charge >= 0.3 is 0 Å². The number of hydrogen-bond donors (Lipinski definition) is 0. The van der Waals surface area contributed by atoms with E-state index in [2.05, 4.69) is 0 Å². The fourth-order valence-corrected chi connectivity index (χ4v) is 3.67. The molecule has 3 aromatic rings. The lowest BCUT2D eigenvalue weighted by atomic mass is 10.1. The second-order valence-corrected chi connectivity index (χ2v) is 7.58. The van der Waals surface area contributed by atoms with Crippen molar-refractivity contribution in [2.45, 2.75) is 40.2 Å². The van der Waals surface area contributed by atoms with Crippen molar-refractivity contribution in [3.05, 3.63) is 64.7 Å². The molecular weight excluding hydrogens is 378 g/mol. The summed E-state index contributed by atoms with van der Waals surface area (Å²) in [6, 6.07) is 14.4. The van der Waals surface area contributed by atoms with Gasteiger partial charge in [0.2, 0.25) is 5.91 Å². The summed E-state index contributed by atoms with van der Waals surface area (Å²) in [6.45, 7) is 8.25. The van der Waals surface area contributed by atoms with E-state index in [0.717, 1.165) is 5.75 Å². The van der Waals surface area contributed by atoms with Crippen LogP contribution in [-0.2, 0) is 4.79 Å². The lowest BCUT2D eigenvalue weighted by Crippen LogP contribution is -2.37. The van der Waals surface area contributed by atoms with E-state index in [1.807, 2.05) is 70.2 Å². The Morgan fingerprint density at radius 2 is 1.77 bits per heavy atom. The number of fused-ring (bicyclic) bond motifs is 1. The molecule has 158 valence electrons. The van der Waals surface area contributed by atoms with Crippen LogP contribution >= 0.6 is 0 Å². The Balaban J connectivity index is 2.25. The second-order valence-electron chi connectivity index (χ2n) is 7.58. The first-order valence-electron chi connectivity index (χ1n) is 10.4. The Bertz CT molecular complexity index is 1090.